The Morgan fingerprint density at radius 1 is 1.39 bits per heavy atom. The lowest BCUT2D eigenvalue weighted by Gasteiger charge is -2.34. The lowest BCUT2D eigenvalue weighted by molar-refractivity contribution is -0.384. The SMILES string of the molecule is O=C(Nc1cccc([N+](=O)[O-])c1)C(=O)N1CCCCC1CCO. The van der Waals surface area contributed by atoms with E-state index in [0.29, 0.717) is 13.0 Å². The molecule has 23 heavy (non-hydrogen) atoms. The summed E-state index contributed by atoms with van der Waals surface area (Å²) in [5.74, 6) is -1.50. The number of hydrogen-bond donors (Lipinski definition) is 2. The number of likely N-dealkylation sites (tertiary alicyclic amines) is 1. The minimum Gasteiger partial charge on any atom is -0.396 e. The molecule has 8 nitrogen and oxygen atoms in total. The number of aliphatic hydroxyl groups is 1. The van der Waals surface area contributed by atoms with Crippen LogP contribution in [0.15, 0.2) is 24.3 Å². The predicted molar refractivity (Wildman–Crippen MR) is 82.8 cm³/mol. The fraction of sp³-hybridized carbons (Fsp3) is 0.467. The van der Waals surface area contributed by atoms with Crippen molar-refractivity contribution in [3.05, 3.63) is 34.4 Å². The smallest absolute Gasteiger partial charge is 0.313 e. The lowest BCUT2D eigenvalue weighted by Crippen LogP contribution is -2.48. The number of piperidine rings is 1. The number of nitrogens with one attached hydrogen (secondary N) is 1. The number of amides is 2. The molecule has 1 aromatic carbocycles. The predicted octanol–water partition coefficient (Wildman–Crippen LogP) is 1.30. The average molecular weight is 321 g/mol. The molecule has 2 rings (SSSR count). The minimum atomic E-state index is -0.824. The maximum absolute atomic E-state index is 12.3. The van der Waals surface area contributed by atoms with Crippen LogP contribution in [-0.4, -0.2) is 45.9 Å². The third-order valence-corrected chi connectivity index (χ3v) is 3.86. The van der Waals surface area contributed by atoms with Crippen LogP contribution in [0.1, 0.15) is 25.7 Å². The molecular weight excluding hydrogens is 302 g/mol. The highest BCUT2D eigenvalue weighted by Crippen LogP contribution is 2.21. The molecule has 1 unspecified atom stereocenters. The molecule has 0 aromatic heterocycles. The van der Waals surface area contributed by atoms with Gasteiger partial charge in [0, 0.05) is 37.0 Å². The maximum Gasteiger partial charge on any atom is 0.313 e. The van der Waals surface area contributed by atoms with Gasteiger partial charge in [0.2, 0.25) is 0 Å². The highest BCUT2D eigenvalue weighted by atomic mass is 16.6. The second-order valence-corrected chi connectivity index (χ2v) is 5.42. The molecule has 0 saturated carbocycles. The number of aliphatic hydroxyl groups excluding tert-OH is 1. The van der Waals surface area contributed by atoms with E-state index in [1.165, 1.54) is 29.2 Å². The van der Waals surface area contributed by atoms with Gasteiger partial charge < -0.3 is 15.3 Å². The van der Waals surface area contributed by atoms with Crippen LogP contribution in [0.5, 0.6) is 0 Å². The van der Waals surface area contributed by atoms with E-state index >= 15 is 0 Å². The van der Waals surface area contributed by atoms with Crippen LogP contribution in [0.3, 0.4) is 0 Å². The van der Waals surface area contributed by atoms with Crippen molar-refractivity contribution in [1.29, 1.82) is 0 Å². The molecule has 124 valence electrons. The Morgan fingerprint density at radius 3 is 2.87 bits per heavy atom. The highest BCUT2D eigenvalue weighted by molar-refractivity contribution is 6.39. The topological polar surface area (TPSA) is 113 Å². The Labute approximate surface area is 133 Å². The van der Waals surface area contributed by atoms with Crippen molar-refractivity contribution in [3.8, 4) is 0 Å². The van der Waals surface area contributed by atoms with E-state index < -0.39 is 16.7 Å². The van der Waals surface area contributed by atoms with E-state index in [4.69, 9.17) is 5.11 Å². The first-order valence-corrected chi connectivity index (χ1v) is 7.50. The fourth-order valence-electron chi connectivity index (χ4n) is 2.73. The normalized spacial score (nSPS) is 17.6. The van der Waals surface area contributed by atoms with E-state index in [9.17, 15) is 19.7 Å². The number of non-ortho nitro benzene ring substituents is 1. The van der Waals surface area contributed by atoms with Crippen molar-refractivity contribution >= 4 is 23.2 Å². The molecule has 1 saturated heterocycles. The largest absolute Gasteiger partial charge is 0.396 e. The van der Waals surface area contributed by atoms with Gasteiger partial charge in [-0.25, -0.2) is 0 Å². The van der Waals surface area contributed by atoms with Crippen LogP contribution in [0.2, 0.25) is 0 Å². The summed E-state index contributed by atoms with van der Waals surface area (Å²) >= 11 is 0. The van der Waals surface area contributed by atoms with E-state index in [1.54, 1.807) is 0 Å². The van der Waals surface area contributed by atoms with Crippen LogP contribution >= 0.6 is 0 Å². The van der Waals surface area contributed by atoms with Gasteiger partial charge in [-0.1, -0.05) is 6.07 Å². The molecule has 1 atom stereocenters. The number of hydrogen-bond acceptors (Lipinski definition) is 5. The summed E-state index contributed by atoms with van der Waals surface area (Å²) in [7, 11) is 0. The van der Waals surface area contributed by atoms with E-state index in [2.05, 4.69) is 5.32 Å². The van der Waals surface area contributed by atoms with Crippen molar-refractivity contribution < 1.29 is 19.6 Å². The molecule has 0 spiro atoms. The summed E-state index contributed by atoms with van der Waals surface area (Å²) in [6.45, 7) is 0.437. The first-order chi connectivity index (χ1) is 11.0. The number of carbonyl (C=O) groups excluding carboxylic acids is 2. The van der Waals surface area contributed by atoms with E-state index in [1.807, 2.05) is 0 Å². The zero-order valence-electron chi connectivity index (χ0n) is 12.6. The van der Waals surface area contributed by atoms with Crippen molar-refractivity contribution in [2.75, 3.05) is 18.5 Å². The van der Waals surface area contributed by atoms with Gasteiger partial charge in [-0.3, -0.25) is 19.7 Å². The summed E-state index contributed by atoms with van der Waals surface area (Å²) < 4.78 is 0. The Kier molecular flexibility index (Phi) is 5.64. The molecule has 2 N–H and O–H groups in total. The molecule has 1 fully saturated rings. The third kappa shape index (κ3) is 4.26. The molecule has 1 aliphatic rings. The number of rotatable bonds is 4. The molecule has 1 aromatic rings. The second kappa shape index (κ2) is 7.68. The molecule has 0 radical (unpaired) electrons. The number of anilines is 1. The highest BCUT2D eigenvalue weighted by Gasteiger charge is 2.30. The number of nitro benzene ring substituents is 1. The third-order valence-electron chi connectivity index (χ3n) is 3.86. The standard InChI is InChI=1S/C15H19N3O5/c19-9-7-12-5-1-2-8-17(12)15(21)14(20)16-11-4-3-6-13(10-11)18(22)23/h3-4,6,10,12,19H,1-2,5,7-9H2,(H,16,20). The Morgan fingerprint density at radius 2 is 2.17 bits per heavy atom. The van der Waals surface area contributed by atoms with Crippen molar-refractivity contribution in [1.82, 2.24) is 4.90 Å². The first kappa shape index (κ1) is 16.9. The van der Waals surface area contributed by atoms with Gasteiger partial charge in [-0.15, -0.1) is 0 Å². The summed E-state index contributed by atoms with van der Waals surface area (Å²) in [5, 5.41) is 22.2. The van der Waals surface area contributed by atoms with Crippen LogP contribution in [0, 0.1) is 10.1 Å². The van der Waals surface area contributed by atoms with Gasteiger partial charge >= 0.3 is 11.8 Å². The second-order valence-electron chi connectivity index (χ2n) is 5.42. The van der Waals surface area contributed by atoms with Crippen molar-refractivity contribution in [2.45, 2.75) is 31.7 Å². The van der Waals surface area contributed by atoms with E-state index in [0.717, 1.165) is 19.3 Å². The van der Waals surface area contributed by atoms with Gasteiger partial charge in [-0.05, 0) is 31.7 Å². The van der Waals surface area contributed by atoms with Crippen LogP contribution in [-0.2, 0) is 9.59 Å². The summed E-state index contributed by atoms with van der Waals surface area (Å²) in [6.07, 6.45) is 2.98. The van der Waals surface area contributed by atoms with Gasteiger partial charge in [-0.2, -0.15) is 0 Å². The minimum absolute atomic E-state index is 0.0407. The van der Waals surface area contributed by atoms with Crippen molar-refractivity contribution in [3.63, 3.8) is 0 Å². The molecule has 2 amide bonds. The lowest BCUT2D eigenvalue weighted by atomic mass is 9.99. The van der Waals surface area contributed by atoms with Gasteiger partial charge in [0.05, 0.1) is 4.92 Å². The number of benzene rings is 1. The van der Waals surface area contributed by atoms with Crippen LogP contribution in [0.4, 0.5) is 11.4 Å². The monoisotopic (exact) mass is 321 g/mol. The molecule has 0 aliphatic carbocycles. The molecule has 0 bridgehead atoms. The van der Waals surface area contributed by atoms with E-state index in [-0.39, 0.29) is 24.0 Å². The molecular formula is C15H19N3O5. The summed E-state index contributed by atoms with van der Waals surface area (Å²) in [4.78, 5) is 36.1. The van der Waals surface area contributed by atoms with Crippen LogP contribution < -0.4 is 5.32 Å². The zero-order chi connectivity index (χ0) is 16.8. The first-order valence-electron chi connectivity index (χ1n) is 7.50. The fourth-order valence-corrected chi connectivity index (χ4v) is 2.73. The average Bonchev–Trinajstić information content (AvgIpc) is 2.55. The maximum atomic E-state index is 12.3. The Hall–Kier alpha value is -2.48. The number of nitro groups is 1. The zero-order valence-corrected chi connectivity index (χ0v) is 12.6. The summed E-state index contributed by atoms with van der Waals surface area (Å²) in [5.41, 5.74) is 0.0413. The molecule has 1 heterocycles. The Bertz CT molecular complexity index is 603. The quantitative estimate of drug-likeness (QED) is 0.493. The summed E-state index contributed by atoms with van der Waals surface area (Å²) in [6, 6.07) is 5.29. The Balaban J connectivity index is 2.05. The van der Waals surface area contributed by atoms with Crippen molar-refractivity contribution in [2.24, 2.45) is 0 Å². The van der Waals surface area contributed by atoms with Crippen LogP contribution in [0.25, 0.3) is 0 Å². The number of nitrogens with zero attached hydrogens (tertiary/aromatic N) is 2. The molecule has 1 aliphatic heterocycles. The van der Waals surface area contributed by atoms with Gasteiger partial charge in [0.15, 0.2) is 0 Å². The molecule has 8 heteroatoms. The van der Waals surface area contributed by atoms with Gasteiger partial charge in [0.25, 0.3) is 5.69 Å². The van der Waals surface area contributed by atoms with Gasteiger partial charge in [0.1, 0.15) is 0 Å². The number of carbonyl (C=O) groups is 2.